The average molecular weight is 342 g/mol. The van der Waals surface area contributed by atoms with Crippen LogP contribution in [0.2, 0.25) is 0 Å². The van der Waals surface area contributed by atoms with Crippen molar-refractivity contribution in [3.05, 3.63) is 0 Å². The number of esters is 2. The van der Waals surface area contributed by atoms with Crippen LogP contribution in [0.25, 0.3) is 0 Å². The second-order valence-electron chi connectivity index (χ2n) is 7.79. The second-order valence-corrected chi connectivity index (χ2v) is 7.79. The van der Waals surface area contributed by atoms with Gasteiger partial charge in [-0.25, -0.2) is 0 Å². The predicted octanol–water partition coefficient (Wildman–Crippen LogP) is 4.09. The zero-order chi connectivity index (χ0) is 18.3. The Balaban J connectivity index is 2.36. The molecule has 5 heteroatoms. The van der Waals surface area contributed by atoms with Crippen molar-refractivity contribution in [2.45, 2.75) is 85.0 Å². The molecule has 0 amide bonds. The van der Waals surface area contributed by atoms with Crippen molar-refractivity contribution in [3.63, 3.8) is 0 Å². The van der Waals surface area contributed by atoms with Crippen LogP contribution in [0.5, 0.6) is 0 Å². The molecule has 24 heavy (non-hydrogen) atoms. The zero-order valence-corrected chi connectivity index (χ0v) is 16.1. The van der Waals surface area contributed by atoms with E-state index >= 15 is 0 Å². The normalized spacial score (nSPS) is 24.7. The quantitative estimate of drug-likeness (QED) is 0.491. The highest BCUT2D eigenvalue weighted by atomic mass is 16.7. The summed E-state index contributed by atoms with van der Waals surface area (Å²) in [5, 5.41) is 0. The summed E-state index contributed by atoms with van der Waals surface area (Å²) in [5.74, 6) is 0.0584. The van der Waals surface area contributed by atoms with E-state index in [0.717, 1.165) is 12.8 Å². The van der Waals surface area contributed by atoms with E-state index in [-0.39, 0.29) is 30.9 Å². The van der Waals surface area contributed by atoms with Gasteiger partial charge in [0.15, 0.2) is 0 Å². The SMILES string of the molecule is COC(C)(C)OC(=O)CCCC(=O)OC1CC(C)CCC1C(C)C. The maximum Gasteiger partial charge on any atom is 0.308 e. The molecule has 1 aliphatic carbocycles. The van der Waals surface area contributed by atoms with Crippen molar-refractivity contribution in [2.75, 3.05) is 7.11 Å². The minimum absolute atomic E-state index is 0.0145. The third-order valence-electron chi connectivity index (χ3n) is 4.86. The molecule has 0 spiro atoms. The van der Waals surface area contributed by atoms with Crippen LogP contribution >= 0.6 is 0 Å². The summed E-state index contributed by atoms with van der Waals surface area (Å²) in [7, 11) is 1.49. The van der Waals surface area contributed by atoms with Gasteiger partial charge < -0.3 is 14.2 Å². The van der Waals surface area contributed by atoms with E-state index in [1.165, 1.54) is 13.5 Å². The van der Waals surface area contributed by atoms with E-state index in [1.54, 1.807) is 13.8 Å². The van der Waals surface area contributed by atoms with Crippen molar-refractivity contribution >= 4 is 11.9 Å². The third-order valence-corrected chi connectivity index (χ3v) is 4.86. The largest absolute Gasteiger partial charge is 0.462 e. The first-order chi connectivity index (χ1) is 11.1. The van der Waals surface area contributed by atoms with Gasteiger partial charge in [-0.3, -0.25) is 9.59 Å². The van der Waals surface area contributed by atoms with E-state index in [4.69, 9.17) is 14.2 Å². The van der Waals surface area contributed by atoms with Crippen molar-refractivity contribution in [3.8, 4) is 0 Å². The summed E-state index contributed by atoms with van der Waals surface area (Å²) in [6.07, 6.45) is 4.16. The molecule has 140 valence electrons. The molecule has 0 aromatic carbocycles. The first-order valence-electron chi connectivity index (χ1n) is 9.11. The standard InChI is InChI=1S/C19H34O5/c1-13(2)15-11-10-14(3)12-16(15)23-17(20)8-7-9-18(21)24-19(4,5)22-6/h13-16H,7-12H2,1-6H3. The molecule has 1 saturated carbocycles. The van der Waals surface area contributed by atoms with E-state index in [2.05, 4.69) is 20.8 Å². The molecule has 0 aromatic rings. The van der Waals surface area contributed by atoms with Gasteiger partial charge in [-0.15, -0.1) is 0 Å². The van der Waals surface area contributed by atoms with E-state index in [9.17, 15) is 9.59 Å². The van der Waals surface area contributed by atoms with Gasteiger partial charge >= 0.3 is 11.9 Å². The first-order valence-corrected chi connectivity index (χ1v) is 9.11. The van der Waals surface area contributed by atoms with Gasteiger partial charge in [-0.1, -0.05) is 27.2 Å². The van der Waals surface area contributed by atoms with E-state index in [0.29, 0.717) is 24.2 Å². The van der Waals surface area contributed by atoms with Crippen LogP contribution in [-0.4, -0.2) is 30.9 Å². The molecule has 0 saturated heterocycles. The van der Waals surface area contributed by atoms with Crippen molar-refractivity contribution < 1.29 is 23.8 Å². The number of hydrogen-bond acceptors (Lipinski definition) is 5. The summed E-state index contributed by atoms with van der Waals surface area (Å²) >= 11 is 0. The molecule has 3 unspecified atom stereocenters. The lowest BCUT2D eigenvalue weighted by atomic mass is 9.75. The van der Waals surface area contributed by atoms with Gasteiger partial charge in [0.25, 0.3) is 0 Å². The highest BCUT2D eigenvalue weighted by Gasteiger charge is 2.33. The van der Waals surface area contributed by atoms with Gasteiger partial charge in [0.05, 0.1) is 0 Å². The number of methoxy groups -OCH3 is 1. The maximum absolute atomic E-state index is 12.1. The third kappa shape index (κ3) is 7.20. The Kier molecular flexibility index (Phi) is 8.20. The lowest BCUT2D eigenvalue weighted by Gasteiger charge is -2.36. The molecule has 5 nitrogen and oxygen atoms in total. The molecule has 0 bridgehead atoms. The summed E-state index contributed by atoms with van der Waals surface area (Å²) in [6.45, 7) is 9.94. The summed E-state index contributed by atoms with van der Waals surface area (Å²) in [5.41, 5.74) is 0. The molecule has 0 aliphatic heterocycles. The van der Waals surface area contributed by atoms with E-state index in [1.807, 2.05) is 0 Å². The number of hydrogen-bond donors (Lipinski definition) is 0. The number of carbonyl (C=O) groups excluding carboxylic acids is 2. The van der Waals surface area contributed by atoms with Crippen LogP contribution in [0.4, 0.5) is 0 Å². The molecule has 0 N–H and O–H groups in total. The molecular formula is C19H34O5. The Morgan fingerprint density at radius 3 is 2.33 bits per heavy atom. The molecule has 0 radical (unpaired) electrons. The maximum atomic E-state index is 12.1. The fourth-order valence-corrected chi connectivity index (χ4v) is 3.22. The Morgan fingerprint density at radius 2 is 1.75 bits per heavy atom. The van der Waals surface area contributed by atoms with Crippen LogP contribution in [0.15, 0.2) is 0 Å². The number of ether oxygens (including phenoxy) is 3. The Labute approximate surface area is 146 Å². The van der Waals surface area contributed by atoms with Gasteiger partial charge in [0.2, 0.25) is 5.79 Å². The first kappa shape index (κ1) is 20.9. The van der Waals surface area contributed by atoms with Crippen LogP contribution in [0, 0.1) is 17.8 Å². The number of carbonyl (C=O) groups is 2. The lowest BCUT2D eigenvalue weighted by molar-refractivity contribution is -0.205. The molecule has 0 heterocycles. The van der Waals surface area contributed by atoms with Gasteiger partial charge in [0, 0.05) is 33.8 Å². The minimum Gasteiger partial charge on any atom is -0.462 e. The summed E-state index contributed by atoms with van der Waals surface area (Å²) in [6, 6.07) is 0. The molecule has 3 atom stereocenters. The number of rotatable bonds is 8. The Bertz CT molecular complexity index is 416. The average Bonchev–Trinajstić information content (AvgIpc) is 2.46. The van der Waals surface area contributed by atoms with Gasteiger partial charge in [-0.05, 0) is 37.0 Å². The van der Waals surface area contributed by atoms with E-state index < -0.39 is 5.79 Å². The Hall–Kier alpha value is -1.10. The topological polar surface area (TPSA) is 61.8 Å². The smallest absolute Gasteiger partial charge is 0.308 e. The van der Waals surface area contributed by atoms with Gasteiger partial charge in [0.1, 0.15) is 6.10 Å². The van der Waals surface area contributed by atoms with Gasteiger partial charge in [-0.2, -0.15) is 0 Å². The zero-order valence-electron chi connectivity index (χ0n) is 16.1. The molecule has 1 fully saturated rings. The van der Waals surface area contributed by atoms with Crippen molar-refractivity contribution in [1.82, 2.24) is 0 Å². The molecule has 0 aromatic heterocycles. The fraction of sp³-hybridized carbons (Fsp3) is 0.895. The summed E-state index contributed by atoms with van der Waals surface area (Å²) in [4.78, 5) is 23.8. The predicted molar refractivity (Wildman–Crippen MR) is 92.3 cm³/mol. The Morgan fingerprint density at radius 1 is 1.12 bits per heavy atom. The molecular weight excluding hydrogens is 308 g/mol. The van der Waals surface area contributed by atoms with Crippen LogP contribution < -0.4 is 0 Å². The highest BCUT2D eigenvalue weighted by Crippen LogP contribution is 2.35. The van der Waals surface area contributed by atoms with Crippen LogP contribution in [0.1, 0.15) is 73.1 Å². The second kappa shape index (κ2) is 9.40. The summed E-state index contributed by atoms with van der Waals surface area (Å²) < 4.78 is 15.9. The van der Waals surface area contributed by atoms with Crippen molar-refractivity contribution in [1.29, 1.82) is 0 Å². The highest BCUT2D eigenvalue weighted by molar-refractivity contribution is 5.72. The fourth-order valence-electron chi connectivity index (χ4n) is 3.22. The molecule has 1 aliphatic rings. The minimum atomic E-state index is -0.930. The van der Waals surface area contributed by atoms with Crippen LogP contribution in [0.3, 0.4) is 0 Å². The van der Waals surface area contributed by atoms with Crippen LogP contribution in [-0.2, 0) is 23.8 Å². The van der Waals surface area contributed by atoms with Crippen molar-refractivity contribution in [2.24, 2.45) is 17.8 Å². The lowest BCUT2D eigenvalue weighted by Crippen LogP contribution is -2.35. The molecule has 1 rings (SSSR count). The monoisotopic (exact) mass is 342 g/mol.